The van der Waals surface area contributed by atoms with Crippen LogP contribution in [0.3, 0.4) is 0 Å². The lowest BCUT2D eigenvalue weighted by molar-refractivity contribution is -0.133. The maximum Gasteiger partial charge on any atom is 0.393 e. The third-order valence-corrected chi connectivity index (χ3v) is 7.52. The Bertz CT molecular complexity index is 1680. The third kappa shape index (κ3) is 4.97. The highest BCUT2D eigenvalue weighted by molar-refractivity contribution is 6.08. The summed E-state index contributed by atoms with van der Waals surface area (Å²) >= 11 is 0. The number of rotatable bonds is 10. The predicted molar refractivity (Wildman–Crippen MR) is 159 cm³/mol. The van der Waals surface area contributed by atoms with Gasteiger partial charge in [-0.25, -0.2) is 9.28 Å². The van der Waals surface area contributed by atoms with Crippen LogP contribution in [0, 0.1) is 0 Å². The number of amides is 1. The van der Waals surface area contributed by atoms with E-state index in [0.717, 1.165) is 17.7 Å². The maximum atomic E-state index is 13.3. The molecule has 8 nitrogen and oxygen atoms in total. The van der Waals surface area contributed by atoms with E-state index in [-0.39, 0.29) is 29.4 Å². The molecule has 1 amide bonds. The van der Waals surface area contributed by atoms with Crippen LogP contribution in [0.1, 0.15) is 37.3 Å². The molecule has 4 aromatic rings. The largest absolute Gasteiger partial charge is 0.474 e. The Morgan fingerprint density at radius 3 is 2.45 bits per heavy atom. The van der Waals surface area contributed by atoms with Gasteiger partial charge in [0.05, 0.1) is 5.56 Å². The molecule has 1 atom stereocenters. The number of carbonyl (C=O) groups is 2. The molecular formula is C34H31N2O6+. The SMILES string of the molecule is CCCCC(=O)NC1=C(C(=O)O)[N+](Cc2cccc(Oc3ccccc3)c2)(c2ccc3c(c2)OCO3)c2ccccc21. The van der Waals surface area contributed by atoms with Gasteiger partial charge in [-0.2, -0.15) is 0 Å². The molecule has 2 aliphatic heterocycles. The van der Waals surface area contributed by atoms with E-state index in [1.165, 1.54) is 0 Å². The normalized spacial score (nSPS) is 16.7. The average molecular weight is 564 g/mol. The number of ether oxygens (including phenoxy) is 3. The Morgan fingerprint density at radius 2 is 1.64 bits per heavy atom. The number of para-hydroxylation sites is 2. The minimum Gasteiger partial charge on any atom is -0.474 e. The Morgan fingerprint density at radius 1 is 0.881 bits per heavy atom. The first kappa shape index (κ1) is 27.1. The van der Waals surface area contributed by atoms with Gasteiger partial charge in [0, 0.05) is 30.2 Å². The molecule has 8 heteroatoms. The van der Waals surface area contributed by atoms with E-state index in [1.54, 1.807) is 6.07 Å². The molecule has 2 heterocycles. The van der Waals surface area contributed by atoms with E-state index in [1.807, 2.05) is 97.9 Å². The molecule has 0 aliphatic carbocycles. The number of nitrogens with zero attached hydrogens (tertiary/aromatic N) is 1. The maximum absolute atomic E-state index is 13.3. The van der Waals surface area contributed by atoms with E-state index < -0.39 is 5.97 Å². The second kappa shape index (κ2) is 11.4. The Labute approximate surface area is 244 Å². The van der Waals surface area contributed by atoms with Crippen LogP contribution < -0.4 is 24.0 Å². The van der Waals surface area contributed by atoms with Crippen molar-refractivity contribution in [1.82, 2.24) is 9.80 Å². The van der Waals surface area contributed by atoms with Gasteiger partial charge in [-0.15, -0.1) is 0 Å². The number of hydrogen-bond acceptors (Lipinski definition) is 5. The van der Waals surface area contributed by atoms with Crippen molar-refractivity contribution < 1.29 is 28.9 Å². The zero-order valence-electron chi connectivity index (χ0n) is 23.2. The lowest BCUT2D eigenvalue weighted by atomic mass is 10.1. The molecule has 2 aliphatic rings. The quantitative estimate of drug-likeness (QED) is 0.200. The number of quaternary nitrogens is 1. The first-order chi connectivity index (χ1) is 20.5. The summed E-state index contributed by atoms with van der Waals surface area (Å²) in [5.41, 5.74) is 3.25. The summed E-state index contributed by atoms with van der Waals surface area (Å²) in [5.74, 6) is 1.11. The van der Waals surface area contributed by atoms with Gasteiger partial charge in [-0.1, -0.05) is 55.8 Å². The molecule has 0 aromatic heterocycles. The van der Waals surface area contributed by atoms with Crippen molar-refractivity contribution in [3.63, 3.8) is 0 Å². The van der Waals surface area contributed by atoms with Crippen LogP contribution in [0.15, 0.2) is 103 Å². The van der Waals surface area contributed by atoms with Crippen molar-refractivity contribution in [1.29, 1.82) is 0 Å². The van der Waals surface area contributed by atoms with E-state index in [0.29, 0.717) is 52.8 Å². The van der Waals surface area contributed by atoms with Crippen LogP contribution in [-0.4, -0.2) is 23.8 Å². The summed E-state index contributed by atoms with van der Waals surface area (Å²) in [7, 11) is 0. The minimum atomic E-state index is -1.13. The van der Waals surface area contributed by atoms with Gasteiger partial charge in [-0.05, 0) is 42.8 Å². The first-order valence-electron chi connectivity index (χ1n) is 14.0. The van der Waals surface area contributed by atoms with Gasteiger partial charge in [0.25, 0.3) is 5.70 Å². The van der Waals surface area contributed by atoms with Gasteiger partial charge in [0.2, 0.25) is 12.7 Å². The molecule has 0 spiro atoms. The number of carboxylic acids is 1. The lowest BCUT2D eigenvalue weighted by Crippen LogP contribution is -2.44. The Balaban J connectivity index is 1.53. The number of carbonyl (C=O) groups excluding carboxylic acids is 1. The van der Waals surface area contributed by atoms with Crippen molar-refractivity contribution >= 4 is 28.9 Å². The highest BCUT2D eigenvalue weighted by Crippen LogP contribution is 2.53. The minimum absolute atomic E-state index is 0.0503. The highest BCUT2D eigenvalue weighted by Gasteiger charge is 2.52. The lowest BCUT2D eigenvalue weighted by Gasteiger charge is -2.35. The van der Waals surface area contributed by atoms with Crippen molar-refractivity contribution in [3.8, 4) is 23.0 Å². The van der Waals surface area contributed by atoms with Gasteiger partial charge in [-0.3, -0.25) is 4.79 Å². The summed E-state index contributed by atoms with van der Waals surface area (Å²) in [6.07, 6.45) is 1.87. The number of nitrogens with one attached hydrogen (secondary N) is 1. The standard InChI is InChI=1S/C34H30N2O6/c1-2-3-16-31(37)35-32-27-14-7-8-15-28(27)36(33(32)34(38)39,24-17-18-29-30(20-24)41-22-40-29)21-23-10-9-13-26(19-23)42-25-11-5-4-6-12-25/h4-15,17-20H,2-3,16,21-22H2,1H3,(H-,35,37,38,39)/p+1. The summed E-state index contributed by atoms with van der Waals surface area (Å²) in [4.78, 5) is 26.3. The summed E-state index contributed by atoms with van der Waals surface area (Å²) in [5, 5.41) is 13.8. The van der Waals surface area contributed by atoms with Crippen LogP contribution in [-0.2, 0) is 16.1 Å². The summed E-state index contributed by atoms with van der Waals surface area (Å²) in [6, 6.07) is 30.1. The molecule has 0 saturated heterocycles. The molecular weight excluding hydrogens is 532 g/mol. The summed E-state index contributed by atoms with van der Waals surface area (Å²) in [6.45, 7) is 2.34. The molecule has 0 saturated carbocycles. The van der Waals surface area contributed by atoms with Crippen LogP contribution in [0.5, 0.6) is 23.0 Å². The van der Waals surface area contributed by atoms with E-state index in [2.05, 4.69) is 5.32 Å². The molecule has 42 heavy (non-hydrogen) atoms. The fourth-order valence-electron chi connectivity index (χ4n) is 5.64. The highest BCUT2D eigenvalue weighted by atomic mass is 16.7. The number of fused-ring (bicyclic) bond motifs is 2. The zero-order chi connectivity index (χ0) is 29.1. The molecule has 4 aromatic carbocycles. The number of benzene rings is 4. The van der Waals surface area contributed by atoms with Crippen LogP contribution in [0.2, 0.25) is 0 Å². The molecule has 1 unspecified atom stereocenters. The van der Waals surface area contributed by atoms with Crippen molar-refractivity contribution in [2.75, 3.05) is 6.79 Å². The van der Waals surface area contributed by atoms with E-state index >= 15 is 0 Å². The summed E-state index contributed by atoms with van der Waals surface area (Å²) < 4.78 is 17.2. The molecule has 2 N–H and O–H groups in total. The molecule has 6 rings (SSSR count). The van der Waals surface area contributed by atoms with Crippen molar-refractivity contribution in [2.45, 2.75) is 32.7 Å². The first-order valence-corrected chi connectivity index (χ1v) is 14.0. The Hall–Kier alpha value is -5.08. The predicted octanol–water partition coefficient (Wildman–Crippen LogP) is 7.12. The smallest absolute Gasteiger partial charge is 0.393 e. The van der Waals surface area contributed by atoms with Crippen molar-refractivity contribution in [3.05, 3.63) is 114 Å². The average Bonchev–Trinajstić information content (AvgIpc) is 3.58. The number of unbranched alkanes of at least 4 members (excludes halogenated alkanes) is 1. The molecule has 212 valence electrons. The van der Waals surface area contributed by atoms with Crippen LogP contribution in [0.25, 0.3) is 5.70 Å². The second-order valence-electron chi connectivity index (χ2n) is 10.3. The van der Waals surface area contributed by atoms with Crippen LogP contribution >= 0.6 is 0 Å². The number of hydrogen-bond donors (Lipinski definition) is 2. The van der Waals surface area contributed by atoms with E-state index in [9.17, 15) is 14.7 Å². The van der Waals surface area contributed by atoms with E-state index in [4.69, 9.17) is 14.2 Å². The Kier molecular flexibility index (Phi) is 7.37. The number of carboxylic acid groups (broad SMARTS) is 1. The van der Waals surface area contributed by atoms with Crippen LogP contribution in [0.4, 0.5) is 11.4 Å². The molecule has 0 fully saturated rings. The number of aliphatic carboxylic acids is 1. The zero-order valence-corrected chi connectivity index (χ0v) is 23.2. The topological polar surface area (TPSA) is 94.1 Å². The van der Waals surface area contributed by atoms with Gasteiger partial charge in [0.1, 0.15) is 29.4 Å². The van der Waals surface area contributed by atoms with Gasteiger partial charge < -0.3 is 24.6 Å². The molecule has 0 radical (unpaired) electrons. The fourth-order valence-corrected chi connectivity index (χ4v) is 5.64. The molecule has 0 bridgehead atoms. The van der Waals surface area contributed by atoms with Gasteiger partial charge >= 0.3 is 5.97 Å². The van der Waals surface area contributed by atoms with Gasteiger partial charge in [0.15, 0.2) is 17.2 Å². The van der Waals surface area contributed by atoms with Crippen molar-refractivity contribution in [2.24, 2.45) is 0 Å². The fraction of sp³-hybridized carbons (Fsp3) is 0.176. The monoisotopic (exact) mass is 563 g/mol. The second-order valence-corrected chi connectivity index (χ2v) is 10.3. The third-order valence-electron chi connectivity index (χ3n) is 7.52.